The molecule has 0 saturated heterocycles. The minimum absolute atomic E-state index is 0.230. The lowest BCUT2D eigenvalue weighted by Gasteiger charge is -2.10. The summed E-state index contributed by atoms with van der Waals surface area (Å²) in [5.41, 5.74) is 10.5. The highest BCUT2D eigenvalue weighted by Crippen LogP contribution is 2.33. The summed E-state index contributed by atoms with van der Waals surface area (Å²) in [5, 5.41) is 9.88. The summed E-state index contributed by atoms with van der Waals surface area (Å²) < 4.78 is 0. The van der Waals surface area contributed by atoms with Crippen molar-refractivity contribution in [1.82, 2.24) is 0 Å². The first-order valence-corrected chi connectivity index (χ1v) is 5.24. The fourth-order valence-corrected chi connectivity index (χ4v) is 1.82. The van der Waals surface area contributed by atoms with Crippen LogP contribution >= 0.6 is 0 Å². The zero-order chi connectivity index (χ0) is 11.7. The van der Waals surface area contributed by atoms with E-state index in [2.05, 4.69) is 19.9 Å². The van der Waals surface area contributed by atoms with Gasteiger partial charge in [0.15, 0.2) is 0 Å². The van der Waals surface area contributed by atoms with Crippen molar-refractivity contribution >= 4 is 5.69 Å². The molecule has 0 saturated carbocycles. The lowest BCUT2D eigenvalue weighted by atomic mass is 9.96. The molecular formula is C14H15NO. The van der Waals surface area contributed by atoms with Gasteiger partial charge in [-0.3, -0.25) is 0 Å². The van der Waals surface area contributed by atoms with Crippen LogP contribution in [0.25, 0.3) is 11.1 Å². The van der Waals surface area contributed by atoms with Gasteiger partial charge in [-0.2, -0.15) is 0 Å². The standard InChI is InChI=1S/C14H15NO/c1-9-4-3-5-12(10(9)2)13-7-6-11(15)8-14(13)16/h3-8,16H,15H2,1-2H3. The number of hydrogen-bond acceptors (Lipinski definition) is 2. The van der Waals surface area contributed by atoms with Gasteiger partial charge in [0.25, 0.3) is 0 Å². The molecule has 0 radical (unpaired) electrons. The highest BCUT2D eigenvalue weighted by Gasteiger charge is 2.08. The molecule has 0 bridgehead atoms. The van der Waals surface area contributed by atoms with Crippen LogP contribution in [0.4, 0.5) is 5.69 Å². The summed E-state index contributed by atoms with van der Waals surface area (Å²) in [4.78, 5) is 0. The van der Waals surface area contributed by atoms with E-state index >= 15 is 0 Å². The van der Waals surface area contributed by atoms with Crippen LogP contribution in [-0.2, 0) is 0 Å². The van der Waals surface area contributed by atoms with Gasteiger partial charge in [-0.1, -0.05) is 18.2 Å². The fourth-order valence-electron chi connectivity index (χ4n) is 1.82. The van der Waals surface area contributed by atoms with Crippen LogP contribution in [0.3, 0.4) is 0 Å². The number of nitrogen functional groups attached to an aromatic ring is 1. The molecule has 2 nitrogen and oxygen atoms in total. The maximum Gasteiger partial charge on any atom is 0.125 e. The second-order valence-electron chi connectivity index (χ2n) is 4.02. The van der Waals surface area contributed by atoms with Gasteiger partial charge in [0.2, 0.25) is 0 Å². The molecule has 0 aromatic heterocycles. The van der Waals surface area contributed by atoms with Gasteiger partial charge in [0.1, 0.15) is 5.75 Å². The molecule has 0 amide bonds. The van der Waals surface area contributed by atoms with E-state index in [4.69, 9.17) is 5.73 Å². The number of nitrogens with two attached hydrogens (primary N) is 1. The first kappa shape index (κ1) is 10.6. The number of hydrogen-bond donors (Lipinski definition) is 2. The van der Waals surface area contributed by atoms with Crippen molar-refractivity contribution in [3.63, 3.8) is 0 Å². The predicted molar refractivity (Wildman–Crippen MR) is 67.4 cm³/mol. The minimum Gasteiger partial charge on any atom is -0.507 e. The molecule has 16 heavy (non-hydrogen) atoms. The Balaban J connectivity index is 2.63. The average molecular weight is 213 g/mol. The van der Waals surface area contributed by atoms with Gasteiger partial charge in [-0.25, -0.2) is 0 Å². The number of phenols is 1. The quantitative estimate of drug-likeness (QED) is 0.714. The van der Waals surface area contributed by atoms with Crippen molar-refractivity contribution in [3.8, 4) is 16.9 Å². The maximum atomic E-state index is 9.88. The molecule has 2 rings (SSSR count). The Labute approximate surface area is 95.4 Å². The molecule has 0 aliphatic heterocycles. The van der Waals surface area contributed by atoms with E-state index in [1.54, 1.807) is 12.1 Å². The van der Waals surface area contributed by atoms with E-state index in [0.29, 0.717) is 5.69 Å². The minimum atomic E-state index is 0.230. The van der Waals surface area contributed by atoms with Gasteiger partial charge >= 0.3 is 0 Å². The zero-order valence-corrected chi connectivity index (χ0v) is 9.49. The molecule has 2 aromatic rings. The Hall–Kier alpha value is -1.96. The van der Waals surface area contributed by atoms with Crippen LogP contribution in [0, 0.1) is 13.8 Å². The molecular weight excluding hydrogens is 198 g/mol. The number of rotatable bonds is 1. The largest absolute Gasteiger partial charge is 0.507 e. The van der Waals surface area contributed by atoms with E-state index in [-0.39, 0.29) is 5.75 Å². The van der Waals surface area contributed by atoms with Crippen LogP contribution in [-0.4, -0.2) is 5.11 Å². The van der Waals surface area contributed by atoms with Gasteiger partial charge in [0.05, 0.1) is 0 Å². The monoisotopic (exact) mass is 213 g/mol. The molecule has 0 aliphatic rings. The molecule has 82 valence electrons. The van der Waals surface area contributed by atoms with Crippen molar-refractivity contribution in [2.75, 3.05) is 5.73 Å². The van der Waals surface area contributed by atoms with Crippen molar-refractivity contribution in [3.05, 3.63) is 47.5 Å². The normalized spacial score (nSPS) is 10.4. The van der Waals surface area contributed by atoms with E-state index in [1.807, 2.05) is 18.2 Å². The van der Waals surface area contributed by atoms with E-state index in [9.17, 15) is 5.11 Å². The summed E-state index contributed by atoms with van der Waals surface area (Å²) in [6.45, 7) is 4.12. The molecule has 2 aromatic carbocycles. The second-order valence-corrected chi connectivity index (χ2v) is 4.02. The van der Waals surface area contributed by atoms with E-state index in [0.717, 1.165) is 11.1 Å². The van der Waals surface area contributed by atoms with Crippen molar-refractivity contribution in [1.29, 1.82) is 0 Å². The van der Waals surface area contributed by atoms with Crippen molar-refractivity contribution in [2.24, 2.45) is 0 Å². The maximum absolute atomic E-state index is 9.88. The topological polar surface area (TPSA) is 46.2 Å². The van der Waals surface area contributed by atoms with Crippen LogP contribution in [0.5, 0.6) is 5.75 Å². The first-order chi connectivity index (χ1) is 7.59. The average Bonchev–Trinajstić information content (AvgIpc) is 2.23. The van der Waals surface area contributed by atoms with E-state index < -0.39 is 0 Å². The summed E-state index contributed by atoms with van der Waals surface area (Å²) in [7, 11) is 0. The first-order valence-electron chi connectivity index (χ1n) is 5.24. The third kappa shape index (κ3) is 1.74. The van der Waals surface area contributed by atoms with Crippen LogP contribution in [0.1, 0.15) is 11.1 Å². The van der Waals surface area contributed by atoms with Crippen LogP contribution in [0.2, 0.25) is 0 Å². The second kappa shape index (κ2) is 3.89. The predicted octanol–water partition coefficient (Wildman–Crippen LogP) is 3.26. The number of phenolic OH excluding ortho intramolecular Hbond substituents is 1. The Morgan fingerprint density at radius 2 is 1.75 bits per heavy atom. The zero-order valence-electron chi connectivity index (χ0n) is 9.49. The van der Waals surface area contributed by atoms with Gasteiger partial charge in [-0.05, 0) is 42.7 Å². The highest BCUT2D eigenvalue weighted by atomic mass is 16.3. The van der Waals surface area contributed by atoms with E-state index in [1.165, 1.54) is 11.1 Å². The Kier molecular flexibility index (Phi) is 2.57. The summed E-state index contributed by atoms with van der Waals surface area (Å²) in [6.07, 6.45) is 0. The molecule has 0 aliphatic carbocycles. The van der Waals surface area contributed by atoms with Gasteiger partial charge in [-0.15, -0.1) is 0 Å². The molecule has 0 spiro atoms. The summed E-state index contributed by atoms with van der Waals surface area (Å²) in [5.74, 6) is 0.230. The molecule has 3 N–H and O–H groups in total. The Morgan fingerprint density at radius 1 is 1.00 bits per heavy atom. The number of anilines is 1. The third-order valence-electron chi connectivity index (χ3n) is 2.92. The summed E-state index contributed by atoms with van der Waals surface area (Å²) >= 11 is 0. The van der Waals surface area contributed by atoms with Crippen molar-refractivity contribution in [2.45, 2.75) is 13.8 Å². The number of aromatic hydroxyl groups is 1. The molecule has 2 heteroatoms. The Morgan fingerprint density at radius 3 is 2.44 bits per heavy atom. The third-order valence-corrected chi connectivity index (χ3v) is 2.92. The number of benzene rings is 2. The smallest absolute Gasteiger partial charge is 0.125 e. The lowest BCUT2D eigenvalue weighted by molar-refractivity contribution is 0.477. The number of aryl methyl sites for hydroxylation is 1. The van der Waals surface area contributed by atoms with Crippen LogP contribution < -0.4 is 5.73 Å². The lowest BCUT2D eigenvalue weighted by Crippen LogP contribution is -1.89. The molecule has 0 atom stereocenters. The van der Waals surface area contributed by atoms with Gasteiger partial charge in [0, 0.05) is 17.3 Å². The SMILES string of the molecule is Cc1cccc(-c2ccc(N)cc2O)c1C. The molecule has 0 unspecified atom stereocenters. The van der Waals surface area contributed by atoms with Crippen molar-refractivity contribution < 1.29 is 5.11 Å². The molecule has 0 heterocycles. The highest BCUT2D eigenvalue weighted by molar-refractivity contribution is 5.75. The summed E-state index contributed by atoms with van der Waals surface area (Å²) in [6, 6.07) is 11.3. The van der Waals surface area contributed by atoms with Gasteiger partial charge < -0.3 is 10.8 Å². The van der Waals surface area contributed by atoms with Crippen LogP contribution in [0.15, 0.2) is 36.4 Å². The fraction of sp³-hybridized carbons (Fsp3) is 0.143. The molecule has 0 fully saturated rings. The Bertz CT molecular complexity index is 532.